The summed E-state index contributed by atoms with van der Waals surface area (Å²) in [6, 6.07) is 15.9. The van der Waals surface area contributed by atoms with Crippen LogP contribution < -0.4 is 14.8 Å². The number of benzene rings is 2. The summed E-state index contributed by atoms with van der Waals surface area (Å²) in [5.74, 6) is 1.48. The van der Waals surface area contributed by atoms with E-state index in [9.17, 15) is 4.79 Å². The fraction of sp³-hybridized carbons (Fsp3) is 0.333. The third-order valence-corrected chi connectivity index (χ3v) is 6.48. The Morgan fingerprint density at radius 3 is 2.55 bits per heavy atom. The van der Waals surface area contributed by atoms with Gasteiger partial charge >= 0.3 is 0 Å². The summed E-state index contributed by atoms with van der Waals surface area (Å²) in [6.45, 7) is 2.60. The number of thiazole rings is 1. The van der Waals surface area contributed by atoms with Gasteiger partial charge in [-0.15, -0.1) is 11.3 Å². The zero-order valence-corrected chi connectivity index (χ0v) is 18.7. The van der Waals surface area contributed by atoms with Gasteiger partial charge in [-0.1, -0.05) is 12.1 Å². The van der Waals surface area contributed by atoms with E-state index in [1.807, 2.05) is 41.8 Å². The average Bonchev–Trinajstić information content (AvgIpc) is 3.52. The van der Waals surface area contributed by atoms with Gasteiger partial charge in [-0.05, 0) is 67.9 Å². The van der Waals surface area contributed by atoms with Crippen molar-refractivity contribution in [1.82, 2.24) is 15.2 Å². The lowest BCUT2D eigenvalue weighted by molar-refractivity contribution is 0.0933. The molecule has 1 unspecified atom stereocenters. The minimum atomic E-state index is -0.150. The third kappa shape index (κ3) is 5.06. The summed E-state index contributed by atoms with van der Waals surface area (Å²) in [7, 11) is 3.32. The van der Waals surface area contributed by atoms with Crippen LogP contribution in [0.25, 0.3) is 10.6 Å². The van der Waals surface area contributed by atoms with Crippen molar-refractivity contribution in [2.45, 2.75) is 18.9 Å². The van der Waals surface area contributed by atoms with Crippen LogP contribution in [0.15, 0.2) is 53.9 Å². The number of amides is 1. The minimum Gasteiger partial charge on any atom is -0.497 e. The highest BCUT2D eigenvalue weighted by Gasteiger charge is 2.25. The second-order valence-corrected chi connectivity index (χ2v) is 8.37. The van der Waals surface area contributed by atoms with Crippen LogP contribution in [-0.2, 0) is 0 Å². The van der Waals surface area contributed by atoms with Crippen molar-refractivity contribution in [2.75, 3.05) is 33.9 Å². The van der Waals surface area contributed by atoms with E-state index in [-0.39, 0.29) is 11.9 Å². The maximum Gasteiger partial charge on any atom is 0.270 e. The molecule has 0 aliphatic carbocycles. The van der Waals surface area contributed by atoms with Crippen LogP contribution in [0.2, 0.25) is 0 Å². The summed E-state index contributed by atoms with van der Waals surface area (Å²) in [6.07, 6.45) is 2.37. The monoisotopic (exact) mass is 437 g/mol. The number of ether oxygens (including phenoxy) is 2. The van der Waals surface area contributed by atoms with Crippen molar-refractivity contribution in [3.63, 3.8) is 0 Å². The second kappa shape index (κ2) is 9.94. The first-order valence-electron chi connectivity index (χ1n) is 10.4. The second-order valence-electron chi connectivity index (χ2n) is 7.51. The molecular weight excluding hydrogens is 410 g/mol. The molecule has 6 nitrogen and oxygen atoms in total. The smallest absolute Gasteiger partial charge is 0.270 e. The molecule has 1 atom stereocenters. The lowest BCUT2D eigenvalue weighted by Crippen LogP contribution is -2.36. The molecule has 2 aromatic carbocycles. The molecule has 1 fully saturated rings. The van der Waals surface area contributed by atoms with Crippen LogP contribution in [-0.4, -0.2) is 49.6 Å². The van der Waals surface area contributed by atoms with Gasteiger partial charge in [0.25, 0.3) is 5.91 Å². The highest BCUT2D eigenvalue weighted by atomic mass is 32.1. The van der Waals surface area contributed by atoms with Gasteiger partial charge in [0, 0.05) is 17.5 Å². The lowest BCUT2D eigenvalue weighted by atomic mass is 10.0. The van der Waals surface area contributed by atoms with Crippen molar-refractivity contribution in [2.24, 2.45) is 0 Å². The Balaban J connectivity index is 1.45. The Hall–Kier alpha value is -2.90. The molecular formula is C24H27N3O3S. The normalized spacial score (nSPS) is 14.9. The van der Waals surface area contributed by atoms with Gasteiger partial charge in [0.15, 0.2) is 0 Å². The molecule has 0 radical (unpaired) electrons. The summed E-state index contributed by atoms with van der Waals surface area (Å²) in [5.41, 5.74) is 2.57. The maximum atomic E-state index is 12.8. The molecule has 0 saturated carbocycles. The Morgan fingerprint density at radius 1 is 1.10 bits per heavy atom. The summed E-state index contributed by atoms with van der Waals surface area (Å²) >= 11 is 1.47. The first-order chi connectivity index (χ1) is 15.2. The van der Waals surface area contributed by atoms with Crippen LogP contribution >= 0.6 is 11.3 Å². The molecule has 162 valence electrons. The molecule has 0 spiro atoms. The molecule has 1 aromatic heterocycles. The molecule has 1 N–H and O–H groups in total. The number of nitrogens with one attached hydrogen (secondary N) is 1. The van der Waals surface area contributed by atoms with Crippen LogP contribution in [0, 0.1) is 0 Å². The molecule has 2 heterocycles. The topological polar surface area (TPSA) is 63.7 Å². The minimum absolute atomic E-state index is 0.112. The quantitative estimate of drug-likeness (QED) is 0.566. The number of likely N-dealkylation sites (tertiary alicyclic amines) is 1. The third-order valence-electron chi connectivity index (χ3n) is 5.59. The van der Waals surface area contributed by atoms with Crippen LogP contribution in [0.5, 0.6) is 11.5 Å². The van der Waals surface area contributed by atoms with Crippen molar-refractivity contribution in [1.29, 1.82) is 0 Å². The molecule has 4 rings (SSSR count). The van der Waals surface area contributed by atoms with Crippen LogP contribution in [0.4, 0.5) is 0 Å². The molecule has 3 aromatic rings. The maximum absolute atomic E-state index is 12.8. The largest absolute Gasteiger partial charge is 0.497 e. The van der Waals surface area contributed by atoms with E-state index >= 15 is 0 Å². The highest BCUT2D eigenvalue weighted by molar-refractivity contribution is 7.13. The van der Waals surface area contributed by atoms with Gasteiger partial charge in [0.2, 0.25) is 0 Å². The average molecular weight is 438 g/mol. The number of carbonyl (C=O) groups excluding carboxylic acids is 1. The van der Waals surface area contributed by atoms with Crippen LogP contribution in [0.1, 0.15) is 34.9 Å². The van der Waals surface area contributed by atoms with Crippen LogP contribution in [0.3, 0.4) is 0 Å². The Labute approximate surface area is 186 Å². The first-order valence-corrected chi connectivity index (χ1v) is 11.3. The lowest BCUT2D eigenvalue weighted by Gasteiger charge is -2.28. The van der Waals surface area contributed by atoms with Crippen molar-refractivity contribution >= 4 is 17.2 Å². The summed E-state index contributed by atoms with van der Waals surface area (Å²) < 4.78 is 10.6. The number of hydrogen-bond donors (Lipinski definition) is 1. The molecule has 7 heteroatoms. The van der Waals surface area contributed by atoms with E-state index in [4.69, 9.17) is 9.47 Å². The van der Waals surface area contributed by atoms with Gasteiger partial charge in [-0.25, -0.2) is 4.98 Å². The molecule has 31 heavy (non-hydrogen) atoms. The van der Waals surface area contributed by atoms with Gasteiger partial charge in [-0.2, -0.15) is 0 Å². The van der Waals surface area contributed by atoms with E-state index in [0.717, 1.165) is 40.7 Å². The fourth-order valence-corrected chi connectivity index (χ4v) is 4.69. The number of rotatable bonds is 8. The predicted molar refractivity (Wildman–Crippen MR) is 123 cm³/mol. The van der Waals surface area contributed by atoms with E-state index in [1.54, 1.807) is 14.2 Å². The zero-order chi connectivity index (χ0) is 21.6. The molecule has 0 bridgehead atoms. The zero-order valence-electron chi connectivity index (χ0n) is 17.8. The van der Waals surface area contributed by atoms with Gasteiger partial charge < -0.3 is 14.8 Å². The van der Waals surface area contributed by atoms with Gasteiger partial charge in [-0.3, -0.25) is 9.69 Å². The Bertz CT molecular complexity index is 1010. The number of nitrogens with zero attached hydrogens (tertiary/aromatic N) is 2. The van der Waals surface area contributed by atoms with Crippen molar-refractivity contribution in [3.8, 4) is 22.1 Å². The standard InChI is InChI=1S/C24H27N3O3S/c1-29-19-10-8-17(9-11-19)24-26-21(16-31-24)23(28)25-15-22(27-12-3-4-13-27)18-6-5-7-20(14-18)30-2/h5-11,14,16,22H,3-4,12-13,15H2,1-2H3,(H,25,28). The molecule has 1 aliphatic rings. The van der Waals surface area contributed by atoms with Crippen molar-refractivity contribution < 1.29 is 14.3 Å². The summed E-state index contributed by atoms with van der Waals surface area (Å²) in [5, 5.41) is 5.72. The number of aromatic nitrogens is 1. The van der Waals surface area contributed by atoms with Crippen molar-refractivity contribution in [3.05, 3.63) is 65.2 Å². The Morgan fingerprint density at radius 2 is 1.84 bits per heavy atom. The van der Waals surface area contributed by atoms with E-state index in [2.05, 4.69) is 27.3 Å². The molecule has 1 saturated heterocycles. The highest BCUT2D eigenvalue weighted by Crippen LogP contribution is 2.28. The predicted octanol–water partition coefficient (Wildman–Crippen LogP) is 4.39. The SMILES string of the molecule is COc1ccc(-c2nc(C(=O)NCC(c3cccc(OC)c3)N3CCCC3)cs2)cc1. The molecule has 1 aliphatic heterocycles. The number of methoxy groups -OCH3 is 2. The number of carbonyl (C=O) groups is 1. The van der Waals surface area contributed by atoms with E-state index < -0.39 is 0 Å². The summed E-state index contributed by atoms with van der Waals surface area (Å²) in [4.78, 5) is 19.8. The van der Waals surface area contributed by atoms with E-state index in [0.29, 0.717) is 12.2 Å². The first kappa shape index (κ1) is 21.3. The molecule has 1 amide bonds. The fourth-order valence-electron chi connectivity index (χ4n) is 3.88. The van der Waals surface area contributed by atoms with E-state index in [1.165, 1.54) is 24.2 Å². The Kier molecular flexibility index (Phi) is 6.84. The number of hydrogen-bond acceptors (Lipinski definition) is 6. The van der Waals surface area contributed by atoms with Gasteiger partial charge in [0.05, 0.1) is 20.3 Å². The van der Waals surface area contributed by atoms with Gasteiger partial charge in [0.1, 0.15) is 22.2 Å².